The van der Waals surface area contributed by atoms with Crippen LogP contribution in [0.25, 0.3) is 0 Å². The zero-order chi connectivity index (χ0) is 13.7. The predicted molar refractivity (Wildman–Crippen MR) is 81.1 cm³/mol. The summed E-state index contributed by atoms with van der Waals surface area (Å²) in [7, 11) is 4.46. The van der Waals surface area contributed by atoms with Crippen molar-refractivity contribution in [3.05, 3.63) is 35.9 Å². The van der Waals surface area contributed by atoms with Gasteiger partial charge in [-0.2, -0.15) is 0 Å². The molecule has 3 heteroatoms. The third kappa shape index (κ3) is 4.03. The van der Waals surface area contributed by atoms with Gasteiger partial charge in [0.05, 0.1) is 0 Å². The van der Waals surface area contributed by atoms with Gasteiger partial charge in [0.1, 0.15) is 0 Å². The lowest BCUT2D eigenvalue weighted by molar-refractivity contribution is 0.200. The molecule has 3 nitrogen and oxygen atoms in total. The summed E-state index contributed by atoms with van der Waals surface area (Å²) in [5, 5.41) is 0. The summed E-state index contributed by atoms with van der Waals surface area (Å²) < 4.78 is 0. The second kappa shape index (κ2) is 7.04. The number of rotatable bonds is 6. The Morgan fingerprint density at radius 1 is 1.37 bits per heavy atom. The SMILES string of the molecule is CN1CCC(CN(C)C(CCN)c2ccccc2)C1. The van der Waals surface area contributed by atoms with Gasteiger partial charge in [-0.05, 0) is 51.5 Å². The van der Waals surface area contributed by atoms with Crippen molar-refractivity contribution in [3.8, 4) is 0 Å². The standard InChI is InChI=1S/C16H27N3/c1-18-11-9-14(12-18)13-19(2)16(8-10-17)15-6-4-3-5-7-15/h3-7,14,16H,8-13,17H2,1-2H3. The Kier molecular flexibility index (Phi) is 5.37. The minimum atomic E-state index is 0.456. The van der Waals surface area contributed by atoms with Gasteiger partial charge in [-0.25, -0.2) is 0 Å². The molecule has 0 bridgehead atoms. The molecule has 2 N–H and O–H groups in total. The van der Waals surface area contributed by atoms with E-state index in [2.05, 4.69) is 54.2 Å². The zero-order valence-corrected chi connectivity index (χ0v) is 12.3. The highest BCUT2D eigenvalue weighted by Crippen LogP contribution is 2.25. The highest BCUT2D eigenvalue weighted by Gasteiger charge is 2.24. The summed E-state index contributed by atoms with van der Waals surface area (Å²) in [5.74, 6) is 0.805. The molecule has 1 aliphatic heterocycles. The topological polar surface area (TPSA) is 32.5 Å². The number of nitrogens with zero attached hydrogens (tertiary/aromatic N) is 2. The first kappa shape index (κ1) is 14.5. The molecule has 2 rings (SSSR count). The third-order valence-electron chi connectivity index (χ3n) is 4.19. The number of benzene rings is 1. The molecule has 0 radical (unpaired) electrons. The van der Waals surface area contributed by atoms with Crippen LogP contribution in [0, 0.1) is 5.92 Å². The first-order valence-electron chi connectivity index (χ1n) is 7.34. The summed E-state index contributed by atoms with van der Waals surface area (Å²) in [4.78, 5) is 4.92. The van der Waals surface area contributed by atoms with E-state index in [4.69, 9.17) is 5.73 Å². The van der Waals surface area contributed by atoms with Crippen molar-refractivity contribution in [2.45, 2.75) is 18.9 Å². The average molecular weight is 261 g/mol. The summed E-state index contributed by atoms with van der Waals surface area (Å²) in [6.07, 6.45) is 2.36. The maximum Gasteiger partial charge on any atom is 0.0357 e. The van der Waals surface area contributed by atoms with E-state index >= 15 is 0 Å². The molecule has 0 spiro atoms. The molecule has 1 aromatic rings. The molecule has 2 atom stereocenters. The van der Waals surface area contributed by atoms with Gasteiger partial charge >= 0.3 is 0 Å². The van der Waals surface area contributed by atoms with Gasteiger partial charge in [0.25, 0.3) is 0 Å². The molecule has 1 heterocycles. The number of nitrogens with two attached hydrogens (primary N) is 1. The van der Waals surface area contributed by atoms with Crippen molar-refractivity contribution in [1.82, 2.24) is 9.80 Å². The highest BCUT2D eigenvalue weighted by atomic mass is 15.2. The molecule has 2 unspecified atom stereocenters. The molecule has 1 fully saturated rings. The molecule has 1 aliphatic rings. The van der Waals surface area contributed by atoms with Crippen LogP contribution in [0.5, 0.6) is 0 Å². The van der Waals surface area contributed by atoms with E-state index in [9.17, 15) is 0 Å². The van der Waals surface area contributed by atoms with E-state index in [-0.39, 0.29) is 0 Å². The van der Waals surface area contributed by atoms with Crippen LogP contribution in [0.4, 0.5) is 0 Å². The first-order chi connectivity index (χ1) is 9.20. The van der Waals surface area contributed by atoms with E-state index in [1.807, 2.05) is 0 Å². The lowest BCUT2D eigenvalue weighted by atomic mass is 10.0. The molecule has 1 aromatic carbocycles. The second-order valence-corrected chi connectivity index (χ2v) is 5.86. The minimum Gasteiger partial charge on any atom is -0.330 e. The van der Waals surface area contributed by atoms with Crippen LogP contribution in [0.15, 0.2) is 30.3 Å². The molecular formula is C16H27N3. The van der Waals surface area contributed by atoms with Crippen LogP contribution in [-0.4, -0.2) is 50.1 Å². The van der Waals surface area contributed by atoms with Gasteiger partial charge in [0.15, 0.2) is 0 Å². The third-order valence-corrected chi connectivity index (χ3v) is 4.19. The van der Waals surface area contributed by atoms with Gasteiger partial charge in [-0.15, -0.1) is 0 Å². The van der Waals surface area contributed by atoms with Crippen molar-refractivity contribution < 1.29 is 0 Å². The van der Waals surface area contributed by atoms with Crippen molar-refractivity contribution >= 4 is 0 Å². The fourth-order valence-corrected chi connectivity index (χ4v) is 3.18. The Hall–Kier alpha value is -0.900. The maximum absolute atomic E-state index is 5.80. The largest absolute Gasteiger partial charge is 0.330 e. The van der Waals surface area contributed by atoms with Crippen LogP contribution >= 0.6 is 0 Å². The molecule has 0 amide bonds. The molecule has 106 valence electrons. The normalized spacial score (nSPS) is 22.0. The molecule has 0 saturated carbocycles. The van der Waals surface area contributed by atoms with Crippen molar-refractivity contribution in [3.63, 3.8) is 0 Å². The Morgan fingerprint density at radius 2 is 2.11 bits per heavy atom. The van der Waals surface area contributed by atoms with Crippen LogP contribution < -0.4 is 5.73 Å². The van der Waals surface area contributed by atoms with Gasteiger partial charge in [0, 0.05) is 19.1 Å². The average Bonchev–Trinajstić information content (AvgIpc) is 2.82. The Bertz CT molecular complexity index is 366. The fraction of sp³-hybridized carbons (Fsp3) is 0.625. The van der Waals surface area contributed by atoms with Gasteiger partial charge < -0.3 is 10.6 Å². The van der Waals surface area contributed by atoms with Crippen LogP contribution in [0.2, 0.25) is 0 Å². The van der Waals surface area contributed by atoms with Gasteiger partial charge in [0.2, 0.25) is 0 Å². The first-order valence-corrected chi connectivity index (χ1v) is 7.34. The minimum absolute atomic E-state index is 0.456. The molecular weight excluding hydrogens is 234 g/mol. The summed E-state index contributed by atoms with van der Waals surface area (Å²) in [6, 6.07) is 11.2. The molecule has 0 aromatic heterocycles. The smallest absolute Gasteiger partial charge is 0.0357 e. The van der Waals surface area contributed by atoms with Crippen LogP contribution in [0.1, 0.15) is 24.4 Å². The summed E-state index contributed by atoms with van der Waals surface area (Å²) in [5.41, 5.74) is 7.19. The van der Waals surface area contributed by atoms with E-state index in [0.29, 0.717) is 6.04 Å². The zero-order valence-electron chi connectivity index (χ0n) is 12.3. The second-order valence-electron chi connectivity index (χ2n) is 5.86. The molecule has 1 saturated heterocycles. The Labute approximate surface area is 117 Å². The predicted octanol–water partition coefficient (Wildman–Crippen LogP) is 1.96. The van der Waals surface area contributed by atoms with E-state index in [0.717, 1.165) is 18.9 Å². The number of hydrogen-bond acceptors (Lipinski definition) is 3. The van der Waals surface area contributed by atoms with Gasteiger partial charge in [-0.3, -0.25) is 4.90 Å². The lowest BCUT2D eigenvalue weighted by Crippen LogP contribution is -2.32. The van der Waals surface area contributed by atoms with Crippen molar-refractivity contribution in [2.75, 3.05) is 40.3 Å². The molecule has 0 aliphatic carbocycles. The monoisotopic (exact) mass is 261 g/mol. The van der Waals surface area contributed by atoms with E-state index in [1.54, 1.807) is 0 Å². The van der Waals surface area contributed by atoms with E-state index < -0.39 is 0 Å². The number of likely N-dealkylation sites (tertiary alicyclic amines) is 1. The quantitative estimate of drug-likeness (QED) is 0.849. The lowest BCUT2D eigenvalue weighted by Gasteiger charge is -2.30. The van der Waals surface area contributed by atoms with Crippen molar-refractivity contribution in [1.29, 1.82) is 0 Å². The van der Waals surface area contributed by atoms with Crippen LogP contribution in [0.3, 0.4) is 0 Å². The van der Waals surface area contributed by atoms with Crippen molar-refractivity contribution in [2.24, 2.45) is 11.7 Å². The fourth-order valence-electron chi connectivity index (χ4n) is 3.18. The Balaban J connectivity index is 1.98. The van der Waals surface area contributed by atoms with E-state index in [1.165, 1.54) is 31.6 Å². The summed E-state index contributed by atoms with van der Waals surface area (Å²) >= 11 is 0. The maximum atomic E-state index is 5.80. The van der Waals surface area contributed by atoms with Crippen LogP contribution in [-0.2, 0) is 0 Å². The number of hydrogen-bond donors (Lipinski definition) is 1. The van der Waals surface area contributed by atoms with Gasteiger partial charge in [-0.1, -0.05) is 30.3 Å². The Morgan fingerprint density at radius 3 is 2.68 bits per heavy atom. The molecule has 19 heavy (non-hydrogen) atoms. The summed E-state index contributed by atoms with van der Waals surface area (Å²) in [6.45, 7) is 4.39. The highest BCUT2D eigenvalue weighted by molar-refractivity contribution is 5.19.